The number of methoxy groups -OCH3 is 1. The second-order valence-electron chi connectivity index (χ2n) is 2.32. The molecular weight excluding hydrogens is 134 g/mol. The molecule has 0 aliphatic carbocycles. The molecule has 0 spiro atoms. The summed E-state index contributed by atoms with van der Waals surface area (Å²) in [5, 5.41) is 0. The molecule has 1 amide bonds. The molecule has 1 rings (SSSR count). The van der Waals surface area contributed by atoms with Crippen molar-refractivity contribution in [1.29, 1.82) is 0 Å². The van der Waals surface area contributed by atoms with Crippen LogP contribution in [0.15, 0.2) is 0 Å². The Morgan fingerprint density at radius 1 is 1.80 bits per heavy atom. The van der Waals surface area contributed by atoms with Crippen LogP contribution in [0.4, 0.5) is 0 Å². The number of amides is 1. The first-order chi connectivity index (χ1) is 4.74. The highest BCUT2D eigenvalue weighted by atomic mass is 16.5. The van der Waals surface area contributed by atoms with Crippen LogP contribution in [0.25, 0.3) is 0 Å². The van der Waals surface area contributed by atoms with Gasteiger partial charge in [-0.15, -0.1) is 0 Å². The van der Waals surface area contributed by atoms with E-state index in [1.807, 2.05) is 0 Å². The van der Waals surface area contributed by atoms with Crippen LogP contribution < -0.4 is 5.73 Å². The lowest BCUT2D eigenvalue weighted by Gasteiger charge is -2.02. The van der Waals surface area contributed by atoms with Crippen LogP contribution >= 0.6 is 0 Å². The van der Waals surface area contributed by atoms with E-state index in [1.165, 1.54) is 0 Å². The topological polar surface area (TPSA) is 61.6 Å². The highest BCUT2D eigenvalue weighted by Gasteiger charge is 2.28. The second-order valence-corrected chi connectivity index (χ2v) is 2.32. The first kappa shape index (κ1) is 7.50. The molecular formula is C6H11NO3. The van der Waals surface area contributed by atoms with Crippen LogP contribution in [-0.4, -0.2) is 31.8 Å². The Hall–Kier alpha value is -0.610. The van der Waals surface area contributed by atoms with E-state index in [1.54, 1.807) is 7.11 Å². The smallest absolute Gasteiger partial charge is 0.246 e. The van der Waals surface area contributed by atoms with Gasteiger partial charge in [0.1, 0.15) is 6.10 Å². The van der Waals surface area contributed by atoms with Crippen LogP contribution in [-0.2, 0) is 14.3 Å². The van der Waals surface area contributed by atoms with Crippen LogP contribution in [0.1, 0.15) is 6.42 Å². The van der Waals surface area contributed by atoms with Crippen molar-refractivity contribution in [3.05, 3.63) is 0 Å². The maximum Gasteiger partial charge on any atom is 0.246 e. The van der Waals surface area contributed by atoms with Gasteiger partial charge in [0.05, 0.1) is 12.7 Å². The van der Waals surface area contributed by atoms with Crippen LogP contribution in [0.2, 0.25) is 0 Å². The van der Waals surface area contributed by atoms with Crippen molar-refractivity contribution in [2.75, 3.05) is 13.7 Å². The van der Waals surface area contributed by atoms with Gasteiger partial charge in [-0.05, 0) is 0 Å². The summed E-state index contributed by atoms with van der Waals surface area (Å²) in [6.07, 6.45) is 0.189. The lowest BCUT2D eigenvalue weighted by atomic mass is 10.2. The largest absolute Gasteiger partial charge is 0.379 e. The molecule has 0 unspecified atom stereocenters. The van der Waals surface area contributed by atoms with Gasteiger partial charge in [0, 0.05) is 13.5 Å². The molecule has 0 aromatic rings. The Labute approximate surface area is 59.3 Å². The number of carbonyl (C=O) groups is 1. The molecule has 1 heterocycles. The van der Waals surface area contributed by atoms with Crippen molar-refractivity contribution in [2.45, 2.75) is 18.6 Å². The van der Waals surface area contributed by atoms with Crippen molar-refractivity contribution in [3.8, 4) is 0 Å². The number of ether oxygens (including phenoxy) is 2. The molecule has 1 aliphatic rings. The fourth-order valence-electron chi connectivity index (χ4n) is 0.961. The molecule has 1 fully saturated rings. The molecule has 0 bridgehead atoms. The Morgan fingerprint density at radius 2 is 2.50 bits per heavy atom. The van der Waals surface area contributed by atoms with Gasteiger partial charge in [0.25, 0.3) is 0 Å². The average molecular weight is 145 g/mol. The minimum Gasteiger partial charge on any atom is -0.379 e. The Bertz CT molecular complexity index is 137. The summed E-state index contributed by atoms with van der Waals surface area (Å²) < 4.78 is 9.98. The van der Waals surface area contributed by atoms with E-state index in [2.05, 4.69) is 0 Å². The maximum absolute atomic E-state index is 10.5. The van der Waals surface area contributed by atoms with Crippen molar-refractivity contribution in [2.24, 2.45) is 5.73 Å². The fourth-order valence-corrected chi connectivity index (χ4v) is 0.961. The summed E-state index contributed by atoms with van der Waals surface area (Å²) in [4.78, 5) is 10.5. The normalized spacial score (nSPS) is 32.5. The molecule has 0 saturated carbocycles. The average Bonchev–Trinajstić information content (AvgIpc) is 2.34. The van der Waals surface area contributed by atoms with Gasteiger partial charge in [0.2, 0.25) is 5.91 Å². The highest BCUT2D eigenvalue weighted by molar-refractivity contribution is 5.79. The predicted octanol–water partition coefficient (Wildman–Crippen LogP) is -0.724. The zero-order valence-corrected chi connectivity index (χ0v) is 5.87. The SMILES string of the molecule is CO[C@@H]1CO[C@@H](C(N)=O)C1. The van der Waals surface area contributed by atoms with Gasteiger partial charge in [-0.25, -0.2) is 0 Å². The van der Waals surface area contributed by atoms with Crippen LogP contribution in [0.5, 0.6) is 0 Å². The molecule has 1 saturated heterocycles. The molecule has 0 radical (unpaired) electrons. The number of primary amides is 1. The number of hydrogen-bond acceptors (Lipinski definition) is 3. The first-order valence-corrected chi connectivity index (χ1v) is 3.17. The number of nitrogens with two attached hydrogens (primary N) is 1. The zero-order valence-electron chi connectivity index (χ0n) is 5.87. The maximum atomic E-state index is 10.5. The Kier molecular flexibility index (Phi) is 2.24. The van der Waals surface area contributed by atoms with Crippen molar-refractivity contribution in [1.82, 2.24) is 0 Å². The summed E-state index contributed by atoms with van der Waals surface area (Å²) in [5.41, 5.74) is 5.00. The third kappa shape index (κ3) is 1.46. The van der Waals surface area contributed by atoms with Gasteiger partial charge in [-0.1, -0.05) is 0 Å². The molecule has 58 valence electrons. The summed E-state index contributed by atoms with van der Waals surface area (Å²) in [6.45, 7) is 0.476. The monoisotopic (exact) mass is 145 g/mol. The minimum absolute atomic E-state index is 0.0394. The third-order valence-electron chi connectivity index (χ3n) is 1.61. The van der Waals surface area contributed by atoms with Crippen molar-refractivity contribution < 1.29 is 14.3 Å². The van der Waals surface area contributed by atoms with E-state index in [0.29, 0.717) is 13.0 Å². The molecule has 0 aromatic heterocycles. The van der Waals surface area contributed by atoms with Gasteiger partial charge in [-0.2, -0.15) is 0 Å². The number of rotatable bonds is 2. The summed E-state index contributed by atoms with van der Waals surface area (Å²) in [5.74, 6) is -0.403. The standard InChI is InChI=1S/C6H11NO3/c1-9-4-2-5(6(7)8)10-3-4/h4-5H,2-3H2,1H3,(H2,7,8)/t4-,5+/m0/s1. The van der Waals surface area contributed by atoms with Crippen LogP contribution in [0.3, 0.4) is 0 Å². The summed E-state index contributed by atoms with van der Waals surface area (Å²) >= 11 is 0. The number of hydrogen-bond donors (Lipinski definition) is 1. The molecule has 2 atom stereocenters. The van der Waals surface area contributed by atoms with Crippen LogP contribution in [0, 0.1) is 0 Å². The van der Waals surface area contributed by atoms with Gasteiger partial charge < -0.3 is 15.2 Å². The quantitative estimate of drug-likeness (QED) is 0.557. The Morgan fingerprint density at radius 3 is 2.80 bits per heavy atom. The molecule has 4 nitrogen and oxygen atoms in total. The fraction of sp³-hybridized carbons (Fsp3) is 0.833. The third-order valence-corrected chi connectivity index (χ3v) is 1.61. The highest BCUT2D eigenvalue weighted by Crippen LogP contribution is 2.14. The molecule has 4 heteroatoms. The van der Waals surface area contributed by atoms with E-state index in [9.17, 15) is 4.79 Å². The summed E-state index contributed by atoms with van der Waals surface area (Å²) in [6, 6.07) is 0. The van der Waals surface area contributed by atoms with E-state index >= 15 is 0 Å². The van der Waals surface area contributed by atoms with Gasteiger partial charge >= 0.3 is 0 Å². The molecule has 10 heavy (non-hydrogen) atoms. The Balaban J connectivity index is 2.35. The molecule has 2 N–H and O–H groups in total. The van der Waals surface area contributed by atoms with E-state index < -0.39 is 12.0 Å². The molecule has 0 aromatic carbocycles. The second kappa shape index (κ2) is 2.98. The van der Waals surface area contributed by atoms with E-state index in [-0.39, 0.29) is 6.10 Å². The van der Waals surface area contributed by atoms with Gasteiger partial charge in [0.15, 0.2) is 0 Å². The van der Waals surface area contributed by atoms with Crippen molar-refractivity contribution >= 4 is 5.91 Å². The minimum atomic E-state index is -0.440. The lowest BCUT2D eigenvalue weighted by molar-refractivity contribution is -0.126. The van der Waals surface area contributed by atoms with E-state index in [4.69, 9.17) is 15.2 Å². The first-order valence-electron chi connectivity index (χ1n) is 3.17. The van der Waals surface area contributed by atoms with Gasteiger partial charge in [-0.3, -0.25) is 4.79 Å². The van der Waals surface area contributed by atoms with Crippen molar-refractivity contribution in [3.63, 3.8) is 0 Å². The summed E-state index contributed by atoms with van der Waals surface area (Å²) in [7, 11) is 1.59. The zero-order chi connectivity index (χ0) is 7.56. The predicted molar refractivity (Wildman–Crippen MR) is 34.3 cm³/mol. The molecule has 1 aliphatic heterocycles. The number of carbonyl (C=O) groups excluding carboxylic acids is 1. The lowest BCUT2D eigenvalue weighted by Crippen LogP contribution is -2.27. The van der Waals surface area contributed by atoms with E-state index in [0.717, 1.165) is 0 Å².